The van der Waals surface area contributed by atoms with Gasteiger partial charge in [-0.25, -0.2) is 0 Å². The monoisotopic (exact) mass is 332 g/mol. The summed E-state index contributed by atoms with van der Waals surface area (Å²) in [6.07, 6.45) is 2.66. The number of piperidine rings is 1. The first kappa shape index (κ1) is 18.7. The van der Waals surface area contributed by atoms with Gasteiger partial charge in [-0.1, -0.05) is 31.2 Å². The SMILES string of the molecule is CN=C(NCCOC)NCc1ccc(CN2CCC(C)CC2)cc1. The van der Waals surface area contributed by atoms with Crippen molar-refractivity contribution in [2.24, 2.45) is 10.9 Å². The number of nitrogens with zero attached hydrogens (tertiary/aromatic N) is 2. The third-order valence-corrected chi connectivity index (χ3v) is 4.59. The lowest BCUT2D eigenvalue weighted by atomic mass is 9.99. The molecule has 1 aliphatic rings. The Kier molecular flexibility index (Phi) is 8.05. The zero-order valence-electron chi connectivity index (χ0n) is 15.3. The van der Waals surface area contributed by atoms with Gasteiger partial charge in [-0.3, -0.25) is 9.89 Å². The number of guanidine groups is 1. The summed E-state index contributed by atoms with van der Waals surface area (Å²) in [6.45, 7) is 8.09. The standard InChI is InChI=1S/C19H32N4O/c1-16-8-11-23(12-9-16)15-18-6-4-17(5-7-18)14-22-19(20-2)21-10-13-24-3/h4-7,16H,8-15H2,1-3H3,(H2,20,21,22). The second kappa shape index (κ2) is 10.3. The predicted octanol–water partition coefficient (Wildman–Crippen LogP) is 2.23. The van der Waals surface area contributed by atoms with E-state index >= 15 is 0 Å². The number of ether oxygens (including phenoxy) is 1. The van der Waals surface area contributed by atoms with Crippen LogP contribution in [-0.4, -0.2) is 51.3 Å². The van der Waals surface area contributed by atoms with Crippen molar-refractivity contribution in [2.45, 2.75) is 32.9 Å². The van der Waals surface area contributed by atoms with E-state index in [1.54, 1.807) is 14.2 Å². The van der Waals surface area contributed by atoms with Crippen molar-refractivity contribution in [3.05, 3.63) is 35.4 Å². The zero-order valence-corrected chi connectivity index (χ0v) is 15.3. The maximum atomic E-state index is 5.03. The van der Waals surface area contributed by atoms with Crippen LogP contribution in [0.2, 0.25) is 0 Å². The first-order valence-corrected chi connectivity index (χ1v) is 8.95. The highest BCUT2D eigenvalue weighted by Gasteiger charge is 2.15. The van der Waals surface area contributed by atoms with Crippen molar-refractivity contribution in [3.63, 3.8) is 0 Å². The Hall–Kier alpha value is -1.59. The summed E-state index contributed by atoms with van der Waals surface area (Å²) in [5.41, 5.74) is 2.66. The van der Waals surface area contributed by atoms with Crippen LogP contribution in [0.1, 0.15) is 30.9 Å². The summed E-state index contributed by atoms with van der Waals surface area (Å²) in [6, 6.07) is 8.90. The molecule has 0 aliphatic carbocycles. The topological polar surface area (TPSA) is 48.9 Å². The van der Waals surface area contributed by atoms with Crippen molar-refractivity contribution in [3.8, 4) is 0 Å². The van der Waals surface area contributed by atoms with Gasteiger partial charge in [0, 0.05) is 33.8 Å². The van der Waals surface area contributed by atoms with Crippen LogP contribution in [0.15, 0.2) is 29.3 Å². The van der Waals surface area contributed by atoms with Crippen LogP contribution in [-0.2, 0) is 17.8 Å². The fourth-order valence-corrected chi connectivity index (χ4v) is 2.92. The van der Waals surface area contributed by atoms with Gasteiger partial charge in [0.1, 0.15) is 0 Å². The number of hydrogen-bond donors (Lipinski definition) is 2. The molecule has 1 aromatic carbocycles. The number of hydrogen-bond acceptors (Lipinski definition) is 3. The Morgan fingerprint density at radius 2 is 1.83 bits per heavy atom. The van der Waals surface area contributed by atoms with Gasteiger partial charge in [-0.05, 0) is 43.0 Å². The molecule has 1 saturated heterocycles. The molecule has 0 aromatic heterocycles. The Morgan fingerprint density at radius 1 is 1.17 bits per heavy atom. The summed E-state index contributed by atoms with van der Waals surface area (Å²) in [5, 5.41) is 6.54. The number of rotatable bonds is 7. The highest BCUT2D eigenvalue weighted by atomic mass is 16.5. The van der Waals surface area contributed by atoms with E-state index in [1.807, 2.05) is 0 Å². The molecule has 0 bridgehead atoms. The minimum atomic E-state index is 0.671. The smallest absolute Gasteiger partial charge is 0.191 e. The number of methoxy groups -OCH3 is 1. The first-order valence-electron chi connectivity index (χ1n) is 8.95. The van der Waals surface area contributed by atoms with Gasteiger partial charge in [0.15, 0.2) is 5.96 Å². The number of benzene rings is 1. The van der Waals surface area contributed by atoms with Crippen LogP contribution in [0.4, 0.5) is 0 Å². The zero-order chi connectivity index (χ0) is 17.2. The molecule has 24 heavy (non-hydrogen) atoms. The Balaban J connectivity index is 1.75. The van der Waals surface area contributed by atoms with Gasteiger partial charge in [0.05, 0.1) is 6.61 Å². The van der Waals surface area contributed by atoms with Crippen LogP contribution < -0.4 is 10.6 Å². The molecule has 0 spiro atoms. The van der Waals surface area contributed by atoms with Crippen molar-refractivity contribution < 1.29 is 4.74 Å². The Bertz CT molecular complexity index is 493. The van der Waals surface area contributed by atoms with Gasteiger partial charge >= 0.3 is 0 Å². The average molecular weight is 332 g/mol. The summed E-state index contributed by atoms with van der Waals surface area (Å²) >= 11 is 0. The minimum Gasteiger partial charge on any atom is -0.383 e. The third kappa shape index (κ3) is 6.49. The van der Waals surface area contributed by atoms with E-state index in [9.17, 15) is 0 Å². The van der Waals surface area contributed by atoms with Crippen molar-refractivity contribution in [1.82, 2.24) is 15.5 Å². The van der Waals surface area contributed by atoms with Gasteiger partial charge in [-0.15, -0.1) is 0 Å². The molecule has 2 N–H and O–H groups in total. The molecule has 0 radical (unpaired) electrons. The average Bonchev–Trinajstić information content (AvgIpc) is 2.61. The minimum absolute atomic E-state index is 0.671. The van der Waals surface area contributed by atoms with Crippen LogP contribution in [0, 0.1) is 5.92 Å². The lowest BCUT2D eigenvalue weighted by molar-refractivity contribution is 0.185. The molecular weight excluding hydrogens is 300 g/mol. The van der Waals surface area contributed by atoms with Crippen molar-refractivity contribution >= 4 is 5.96 Å². The lowest BCUT2D eigenvalue weighted by Gasteiger charge is -2.30. The molecule has 5 heteroatoms. The highest BCUT2D eigenvalue weighted by Crippen LogP contribution is 2.18. The first-order chi connectivity index (χ1) is 11.7. The van der Waals surface area contributed by atoms with E-state index < -0.39 is 0 Å². The summed E-state index contributed by atoms with van der Waals surface area (Å²) < 4.78 is 5.03. The molecular formula is C19H32N4O. The summed E-state index contributed by atoms with van der Waals surface area (Å²) in [7, 11) is 3.48. The molecule has 134 valence electrons. The second-order valence-electron chi connectivity index (χ2n) is 6.62. The van der Waals surface area contributed by atoms with Crippen LogP contribution in [0.3, 0.4) is 0 Å². The van der Waals surface area contributed by atoms with Crippen molar-refractivity contribution in [1.29, 1.82) is 0 Å². The predicted molar refractivity (Wildman–Crippen MR) is 100 cm³/mol. The maximum Gasteiger partial charge on any atom is 0.191 e. The molecule has 2 rings (SSSR count). The van der Waals surface area contributed by atoms with E-state index in [4.69, 9.17) is 4.74 Å². The van der Waals surface area contributed by atoms with E-state index in [1.165, 1.54) is 37.1 Å². The third-order valence-electron chi connectivity index (χ3n) is 4.59. The van der Waals surface area contributed by atoms with E-state index in [0.717, 1.165) is 31.5 Å². The quantitative estimate of drug-likeness (QED) is 0.457. The highest BCUT2D eigenvalue weighted by molar-refractivity contribution is 5.79. The summed E-state index contributed by atoms with van der Waals surface area (Å²) in [4.78, 5) is 6.77. The van der Waals surface area contributed by atoms with E-state index in [0.29, 0.717) is 6.61 Å². The summed E-state index contributed by atoms with van der Waals surface area (Å²) in [5.74, 6) is 1.69. The molecule has 0 saturated carbocycles. The van der Waals surface area contributed by atoms with Gasteiger partial charge < -0.3 is 15.4 Å². The van der Waals surface area contributed by atoms with Gasteiger partial charge in [0.25, 0.3) is 0 Å². The Morgan fingerprint density at radius 3 is 2.46 bits per heavy atom. The molecule has 0 unspecified atom stereocenters. The Labute approximate surface area is 146 Å². The number of aliphatic imine (C=N–C) groups is 1. The molecule has 0 amide bonds. The van der Waals surface area contributed by atoms with Gasteiger partial charge in [-0.2, -0.15) is 0 Å². The fraction of sp³-hybridized carbons (Fsp3) is 0.632. The van der Waals surface area contributed by atoms with Gasteiger partial charge in [0.2, 0.25) is 0 Å². The lowest BCUT2D eigenvalue weighted by Crippen LogP contribution is -2.38. The number of likely N-dealkylation sites (tertiary alicyclic amines) is 1. The molecule has 5 nitrogen and oxygen atoms in total. The van der Waals surface area contributed by atoms with Crippen molar-refractivity contribution in [2.75, 3.05) is 40.4 Å². The van der Waals surface area contributed by atoms with E-state index in [2.05, 4.69) is 51.7 Å². The number of nitrogens with one attached hydrogen (secondary N) is 2. The van der Waals surface area contributed by atoms with Crippen LogP contribution in [0.5, 0.6) is 0 Å². The van der Waals surface area contributed by atoms with Crippen LogP contribution >= 0.6 is 0 Å². The van der Waals surface area contributed by atoms with E-state index in [-0.39, 0.29) is 0 Å². The molecule has 1 aromatic rings. The molecule has 1 fully saturated rings. The molecule has 1 heterocycles. The molecule has 1 aliphatic heterocycles. The fourth-order valence-electron chi connectivity index (χ4n) is 2.92. The van der Waals surface area contributed by atoms with Crippen LogP contribution in [0.25, 0.3) is 0 Å². The maximum absolute atomic E-state index is 5.03. The second-order valence-corrected chi connectivity index (χ2v) is 6.62. The normalized spacial score (nSPS) is 17.0. The largest absolute Gasteiger partial charge is 0.383 e. The molecule has 0 atom stereocenters.